The van der Waals surface area contributed by atoms with Crippen molar-refractivity contribution in [2.45, 2.75) is 13.2 Å². The predicted octanol–water partition coefficient (Wildman–Crippen LogP) is 5.01. The average Bonchev–Trinajstić information content (AvgIpc) is 2.77. The number of anilines is 1. The Morgan fingerprint density at radius 3 is 2.53 bits per heavy atom. The molecule has 32 heavy (non-hydrogen) atoms. The molecule has 0 aliphatic heterocycles. The van der Waals surface area contributed by atoms with E-state index >= 15 is 0 Å². The second-order valence-electron chi connectivity index (χ2n) is 6.63. The summed E-state index contributed by atoms with van der Waals surface area (Å²) < 4.78 is 42.6. The third-order valence-electron chi connectivity index (χ3n) is 4.29. The minimum atomic E-state index is -2.97. The fraction of sp³-hybridized carbons (Fsp3) is 0.0833. The highest BCUT2D eigenvalue weighted by Gasteiger charge is 2.09. The minimum absolute atomic E-state index is 0.0340. The maximum atomic E-state index is 13.3. The third kappa shape index (κ3) is 6.73. The highest BCUT2D eigenvalue weighted by molar-refractivity contribution is 6.04. The van der Waals surface area contributed by atoms with Gasteiger partial charge in [0.1, 0.15) is 11.6 Å². The highest BCUT2D eigenvalue weighted by atomic mass is 19.3. The van der Waals surface area contributed by atoms with Crippen LogP contribution in [0.15, 0.2) is 78.9 Å². The number of alkyl halides is 2. The largest absolute Gasteiger partial charge is 0.434 e. The van der Waals surface area contributed by atoms with Crippen molar-refractivity contribution >= 4 is 23.6 Å². The first-order valence-corrected chi connectivity index (χ1v) is 9.56. The summed E-state index contributed by atoms with van der Waals surface area (Å²) in [5, 5.41) is 5.35. The number of amides is 2. The number of para-hydroxylation sites is 1. The van der Waals surface area contributed by atoms with Crippen LogP contribution in [0.2, 0.25) is 0 Å². The maximum Gasteiger partial charge on any atom is 0.387 e. The lowest BCUT2D eigenvalue weighted by Crippen LogP contribution is -2.20. The molecule has 0 saturated carbocycles. The predicted molar refractivity (Wildman–Crippen MR) is 115 cm³/mol. The average molecular weight is 440 g/mol. The fourth-order valence-electron chi connectivity index (χ4n) is 2.83. The minimum Gasteiger partial charge on any atom is -0.434 e. The quantitative estimate of drug-likeness (QED) is 0.484. The van der Waals surface area contributed by atoms with Crippen LogP contribution in [-0.4, -0.2) is 18.4 Å². The van der Waals surface area contributed by atoms with E-state index in [0.717, 1.165) is 6.07 Å². The van der Waals surface area contributed by atoms with Gasteiger partial charge in [-0.3, -0.25) is 9.59 Å². The summed E-state index contributed by atoms with van der Waals surface area (Å²) in [6.07, 6.45) is 2.59. The maximum absolute atomic E-state index is 13.3. The van der Waals surface area contributed by atoms with Crippen molar-refractivity contribution in [3.8, 4) is 5.75 Å². The molecule has 2 amide bonds. The Balaban J connectivity index is 1.58. The molecule has 0 radical (unpaired) electrons. The van der Waals surface area contributed by atoms with Gasteiger partial charge < -0.3 is 15.4 Å². The van der Waals surface area contributed by atoms with Crippen molar-refractivity contribution in [1.29, 1.82) is 0 Å². The van der Waals surface area contributed by atoms with E-state index in [-0.39, 0.29) is 17.9 Å². The first kappa shape index (κ1) is 22.6. The van der Waals surface area contributed by atoms with Crippen molar-refractivity contribution < 1.29 is 27.5 Å². The molecule has 5 nitrogen and oxygen atoms in total. The van der Waals surface area contributed by atoms with Crippen molar-refractivity contribution in [3.63, 3.8) is 0 Å². The Hall–Kier alpha value is -4.07. The van der Waals surface area contributed by atoms with Gasteiger partial charge in [0.2, 0.25) is 5.91 Å². The summed E-state index contributed by atoms with van der Waals surface area (Å²) in [6, 6.07) is 18.3. The normalized spacial score (nSPS) is 10.9. The number of carbonyl (C=O) groups excluding carboxylic acids is 2. The van der Waals surface area contributed by atoms with E-state index in [2.05, 4.69) is 15.4 Å². The summed E-state index contributed by atoms with van der Waals surface area (Å²) in [7, 11) is 0. The van der Waals surface area contributed by atoms with E-state index in [1.165, 1.54) is 36.4 Å². The first-order valence-electron chi connectivity index (χ1n) is 9.56. The monoisotopic (exact) mass is 440 g/mol. The Kier molecular flexibility index (Phi) is 7.64. The second-order valence-corrected chi connectivity index (χ2v) is 6.63. The van der Waals surface area contributed by atoms with E-state index in [4.69, 9.17) is 0 Å². The van der Waals surface area contributed by atoms with Gasteiger partial charge in [0.25, 0.3) is 5.91 Å². The molecule has 0 saturated heterocycles. The second kappa shape index (κ2) is 10.8. The number of rotatable bonds is 8. The van der Waals surface area contributed by atoms with E-state index in [1.54, 1.807) is 42.5 Å². The zero-order chi connectivity index (χ0) is 22.9. The van der Waals surface area contributed by atoms with Gasteiger partial charge in [-0.2, -0.15) is 8.78 Å². The molecule has 164 valence electrons. The van der Waals surface area contributed by atoms with Crippen LogP contribution in [0.25, 0.3) is 6.08 Å². The topological polar surface area (TPSA) is 67.4 Å². The number of hydrogen-bond acceptors (Lipinski definition) is 3. The molecule has 0 aromatic heterocycles. The summed E-state index contributed by atoms with van der Waals surface area (Å²) in [4.78, 5) is 24.4. The van der Waals surface area contributed by atoms with E-state index in [9.17, 15) is 22.8 Å². The van der Waals surface area contributed by atoms with Crippen LogP contribution in [0.1, 0.15) is 21.5 Å². The van der Waals surface area contributed by atoms with Gasteiger partial charge in [-0.05, 0) is 48.0 Å². The lowest BCUT2D eigenvalue weighted by molar-refractivity contribution is -0.116. The van der Waals surface area contributed by atoms with Crippen LogP contribution in [0, 0.1) is 5.82 Å². The molecule has 3 aromatic carbocycles. The molecule has 0 heterocycles. The Bertz CT molecular complexity index is 1130. The molecule has 0 atom stereocenters. The van der Waals surface area contributed by atoms with E-state index in [1.807, 2.05) is 0 Å². The van der Waals surface area contributed by atoms with Crippen molar-refractivity contribution in [2.24, 2.45) is 0 Å². The van der Waals surface area contributed by atoms with Gasteiger partial charge in [0, 0.05) is 29.4 Å². The number of benzene rings is 3. The number of halogens is 3. The molecule has 2 N–H and O–H groups in total. The third-order valence-corrected chi connectivity index (χ3v) is 4.29. The van der Waals surface area contributed by atoms with Gasteiger partial charge in [-0.15, -0.1) is 0 Å². The number of ether oxygens (including phenoxy) is 1. The lowest BCUT2D eigenvalue weighted by atomic mass is 10.1. The van der Waals surface area contributed by atoms with E-state index < -0.39 is 24.2 Å². The van der Waals surface area contributed by atoms with Gasteiger partial charge in [-0.25, -0.2) is 4.39 Å². The Labute approximate surface area is 182 Å². The summed E-state index contributed by atoms with van der Waals surface area (Å²) in [5.41, 5.74) is 1.72. The van der Waals surface area contributed by atoms with Crippen molar-refractivity contribution in [2.75, 3.05) is 5.32 Å². The molecule has 0 aliphatic carbocycles. The molecular weight excluding hydrogens is 421 g/mol. The molecule has 8 heteroatoms. The van der Waals surface area contributed by atoms with Gasteiger partial charge in [0.15, 0.2) is 0 Å². The van der Waals surface area contributed by atoms with Crippen molar-refractivity contribution in [3.05, 3.63) is 101 Å². The van der Waals surface area contributed by atoms with Crippen LogP contribution in [0.4, 0.5) is 18.9 Å². The molecule has 0 unspecified atom stereocenters. The van der Waals surface area contributed by atoms with Crippen LogP contribution < -0.4 is 15.4 Å². The molecule has 3 aromatic rings. The highest BCUT2D eigenvalue weighted by Crippen LogP contribution is 2.21. The zero-order valence-electron chi connectivity index (χ0n) is 16.7. The summed E-state index contributed by atoms with van der Waals surface area (Å²) in [5.74, 6) is -1.44. The van der Waals surface area contributed by atoms with E-state index in [0.29, 0.717) is 16.8 Å². The van der Waals surface area contributed by atoms with Crippen LogP contribution in [0.3, 0.4) is 0 Å². The standard InChI is InChI=1S/C24H19F3N2O3/c25-19-8-4-7-18(14-19)23(31)29-20-9-3-5-16(13-20)15-28-22(30)12-11-17-6-1-2-10-21(17)32-24(26)27/h1-14,24H,15H2,(H,28,30)(H,29,31). The summed E-state index contributed by atoms with van der Waals surface area (Å²) >= 11 is 0. The van der Waals surface area contributed by atoms with Gasteiger partial charge in [-0.1, -0.05) is 36.4 Å². The number of hydrogen-bond donors (Lipinski definition) is 2. The Morgan fingerprint density at radius 1 is 0.969 bits per heavy atom. The Morgan fingerprint density at radius 2 is 1.75 bits per heavy atom. The smallest absolute Gasteiger partial charge is 0.387 e. The first-order chi connectivity index (χ1) is 15.4. The molecule has 0 bridgehead atoms. The van der Waals surface area contributed by atoms with Crippen molar-refractivity contribution in [1.82, 2.24) is 5.32 Å². The van der Waals surface area contributed by atoms with Crippen LogP contribution >= 0.6 is 0 Å². The molecule has 3 rings (SSSR count). The zero-order valence-corrected chi connectivity index (χ0v) is 16.7. The molecule has 0 aliphatic rings. The van der Waals surface area contributed by atoms with Crippen LogP contribution in [0.5, 0.6) is 5.75 Å². The summed E-state index contributed by atoms with van der Waals surface area (Å²) in [6.45, 7) is -2.80. The SMILES string of the molecule is O=C(C=Cc1ccccc1OC(F)F)NCc1cccc(NC(=O)c2cccc(F)c2)c1. The molecule has 0 spiro atoms. The number of carbonyl (C=O) groups is 2. The molecule has 0 fully saturated rings. The van der Waals surface area contributed by atoms with Crippen LogP contribution in [-0.2, 0) is 11.3 Å². The van der Waals surface area contributed by atoms with Gasteiger partial charge >= 0.3 is 6.61 Å². The van der Waals surface area contributed by atoms with Gasteiger partial charge in [0.05, 0.1) is 0 Å². The fourth-order valence-corrected chi connectivity index (χ4v) is 2.83. The lowest BCUT2D eigenvalue weighted by Gasteiger charge is -2.09. The molecular formula is C24H19F3N2O3. The number of nitrogens with one attached hydrogen (secondary N) is 2.